The molecule has 13 heavy (non-hydrogen) atoms. The molecule has 0 aromatic carbocycles. The van der Waals surface area contributed by atoms with Crippen molar-refractivity contribution in [1.29, 1.82) is 0 Å². The van der Waals surface area contributed by atoms with Crippen LogP contribution < -0.4 is 21.3 Å². The first-order valence-electron chi connectivity index (χ1n) is 5.33. The summed E-state index contributed by atoms with van der Waals surface area (Å²) >= 11 is 0. The molecule has 0 amide bonds. The van der Waals surface area contributed by atoms with E-state index in [1.807, 2.05) is 0 Å². The van der Waals surface area contributed by atoms with Gasteiger partial charge in [0.1, 0.15) is 0 Å². The predicted octanol–water partition coefficient (Wildman–Crippen LogP) is -1.15. The monoisotopic (exact) mass is 184 g/mol. The standard InChI is InChI=1S/C9H20N4/c1-3-10-5-7-12-9(1)2-4-11-6-8-13-9/h10-13H,1-8H2. The van der Waals surface area contributed by atoms with Gasteiger partial charge in [0.2, 0.25) is 0 Å². The van der Waals surface area contributed by atoms with E-state index in [2.05, 4.69) is 21.3 Å². The van der Waals surface area contributed by atoms with Gasteiger partial charge in [-0.15, -0.1) is 0 Å². The smallest absolute Gasteiger partial charge is 0.0712 e. The maximum Gasteiger partial charge on any atom is 0.0712 e. The number of rotatable bonds is 0. The van der Waals surface area contributed by atoms with E-state index in [0.717, 1.165) is 39.3 Å². The van der Waals surface area contributed by atoms with Gasteiger partial charge in [-0.1, -0.05) is 0 Å². The quantitative estimate of drug-likeness (QED) is 0.384. The van der Waals surface area contributed by atoms with E-state index in [9.17, 15) is 0 Å². The molecule has 0 aromatic heterocycles. The molecule has 1 spiro atoms. The lowest BCUT2D eigenvalue weighted by molar-refractivity contribution is 0.253. The lowest BCUT2D eigenvalue weighted by Crippen LogP contribution is -2.57. The second kappa shape index (κ2) is 4.37. The van der Waals surface area contributed by atoms with Gasteiger partial charge in [-0.3, -0.25) is 10.6 Å². The summed E-state index contributed by atoms with van der Waals surface area (Å²) in [6.07, 6.45) is 2.38. The first kappa shape index (κ1) is 9.40. The molecule has 2 fully saturated rings. The Hall–Kier alpha value is -0.160. The molecule has 0 aromatic rings. The van der Waals surface area contributed by atoms with E-state index in [1.165, 1.54) is 12.8 Å². The zero-order valence-corrected chi connectivity index (χ0v) is 8.16. The fraction of sp³-hybridized carbons (Fsp3) is 1.00. The Bertz CT molecular complexity index is 122. The SMILES string of the molecule is C1CNC2(CCN1)CCNCCN2. The van der Waals surface area contributed by atoms with Crippen molar-refractivity contribution in [3.63, 3.8) is 0 Å². The molecule has 0 radical (unpaired) electrons. The average Bonchev–Trinajstić information content (AvgIpc) is 2.50. The van der Waals surface area contributed by atoms with Crippen LogP contribution in [0.4, 0.5) is 0 Å². The van der Waals surface area contributed by atoms with Crippen molar-refractivity contribution < 1.29 is 0 Å². The van der Waals surface area contributed by atoms with Crippen molar-refractivity contribution in [2.24, 2.45) is 0 Å². The second-order valence-electron chi connectivity index (χ2n) is 3.94. The summed E-state index contributed by atoms with van der Waals surface area (Å²) in [4.78, 5) is 0. The molecular weight excluding hydrogens is 164 g/mol. The number of nitrogens with one attached hydrogen (secondary N) is 4. The van der Waals surface area contributed by atoms with Gasteiger partial charge >= 0.3 is 0 Å². The van der Waals surface area contributed by atoms with Gasteiger partial charge in [0.05, 0.1) is 5.66 Å². The lowest BCUT2D eigenvalue weighted by Gasteiger charge is -2.33. The highest BCUT2D eigenvalue weighted by Crippen LogP contribution is 2.13. The number of hydrogen-bond acceptors (Lipinski definition) is 4. The highest BCUT2D eigenvalue weighted by Gasteiger charge is 2.30. The fourth-order valence-corrected chi connectivity index (χ4v) is 2.17. The summed E-state index contributed by atoms with van der Waals surface area (Å²) in [5, 5.41) is 14.1. The molecule has 2 saturated heterocycles. The normalized spacial score (nSPS) is 29.5. The summed E-state index contributed by atoms with van der Waals surface area (Å²) in [6, 6.07) is 0. The van der Waals surface area contributed by atoms with Crippen molar-refractivity contribution >= 4 is 0 Å². The molecule has 0 bridgehead atoms. The third kappa shape index (κ3) is 2.40. The minimum atomic E-state index is 0.201. The van der Waals surface area contributed by atoms with Crippen LogP contribution in [0.1, 0.15) is 12.8 Å². The molecule has 4 N–H and O–H groups in total. The van der Waals surface area contributed by atoms with Crippen LogP contribution in [0, 0.1) is 0 Å². The molecule has 2 aliphatic heterocycles. The highest BCUT2D eigenvalue weighted by atomic mass is 15.2. The van der Waals surface area contributed by atoms with Crippen LogP contribution in [0.2, 0.25) is 0 Å². The second-order valence-corrected chi connectivity index (χ2v) is 3.94. The molecular formula is C9H20N4. The van der Waals surface area contributed by atoms with Gasteiger partial charge in [0.25, 0.3) is 0 Å². The Morgan fingerprint density at radius 2 is 1.15 bits per heavy atom. The zero-order valence-electron chi connectivity index (χ0n) is 8.16. The van der Waals surface area contributed by atoms with Gasteiger partial charge < -0.3 is 10.6 Å². The predicted molar refractivity (Wildman–Crippen MR) is 53.7 cm³/mol. The van der Waals surface area contributed by atoms with Crippen LogP contribution in [0.5, 0.6) is 0 Å². The average molecular weight is 184 g/mol. The van der Waals surface area contributed by atoms with Gasteiger partial charge in [-0.05, 0) is 25.9 Å². The van der Waals surface area contributed by atoms with E-state index in [4.69, 9.17) is 0 Å². The van der Waals surface area contributed by atoms with E-state index in [0.29, 0.717) is 0 Å². The maximum atomic E-state index is 3.62. The molecule has 0 atom stereocenters. The minimum Gasteiger partial charge on any atom is -0.315 e. The number of hydrogen-bond donors (Lipinski definition) is 4. The van der Waals surface area contributed by atoms with Crippen molar-refractivity contribution in [2.45, 2.75) is 18.5 Å². The zero-order chi connectivity index (χ0) is 8.99. The topological polar surface area (TPSA) is 48.1 Å². The van der Waals surface area contributed by atoms with Crippen LogP contribution in [0.25, 0.3) is 0 Å². The molecule has 2 aliphatic rings. The van der Waals surface area contributed by atoms with Crippen molar-refractivity contribution in [1.82, 2.24) is 21.3 Å². The molecule has 0 unspecified atom stereocenters. The molecule has 2 rings (SSSR count). The Morgan fingerprint density at radius 3 is 1.69 bits per heavy atom. The lowest BCUT2D eigenvalue weighted by atomic mass is 10.0. The molecule has 4 nitrogen and oxygen atoms in total. The first-order valence-corrected chi connectivity index (χ1v) is 5.33. The summed E-state index contributed by atoms with van der Waals surface area (Å²) < 4.78 is 0. The van der Waals surface area contributed by atoms with E-state index in [1.54, 1.807) is 0 Å². The van der Waals surface area contributed by atoms with Crippen molar-refractivity contribution in [3.05, 3.63) is 0 Å². The summed E-state index contributed by atoms with van der Waals surface area (Å²) in [6.45, 7) is 6.59. The molecule has 0 aliphatic carbocycles. The highest BCUT2D eigenvalue weighted by molar-refractivity contribution is 4.90. The Balaban J connectivity index is 1.97. The third-order valence-corrected chi connectivity index (χ3v) is 2.99. The molecule has 76 valence electrons. The van der Waals surface area contributed by atoms with E-state index < -0.39 is 0 Å². The summed E-state index contributed by atoms with van der Waals surface area (Å²) in [5.74, 6) is 0. The van der Waals surface area contributed by atoms with Gasteiger partial charge in [-0.25, -0.2) is 0 Å². The first-order chi connectivity index (χ1) is 6.41. The van der Waals surface area contributed by atoms with Gasteiger partial charge in [0, 0.05) is 26.2 Å². The third-order valence-electron chi connectivity index (χ3n) is 2.99. The fourth-order valence-electron chi connectivity index (χ4n) is 2.17. The Morgan fingerprint density at radius 1 is 0.615 bits per heavy atom. The van der Waals surface area contributed by atoms with Gasteiger partial charge in [-0.2, -0.15) is 0 Å². The summed E-state index contributed by atoms with van der Waals surface area (Å²) in [7, 11) is 0. The van der Waals surface area contributed by atoms with Crippen LogP contribution >= 0.6 is 0 Å². The van der Waals surface area contributed by atoms with Crippen LogP contribution in [0.3, 0.4) is 0 Å². The maximum absolute atomic E-state index is 3.62. The van der Waals surface area contributed by atoms with E-state index >= 15 is 0 Å². The molecule has 4 heteroatoms. The summed E-state index contributed by atoms with van der Waals surface area (Å²) in [5.41, 5.74) is 0.201. The van der Waals surface area contributed by atoms with Crippen LogP contribution in [0.15, 0.2) is 0 Å². The van der Waals surface area contributed by atoms with Crippen molar-refractivity contribution in [2.75, 3.05) is 39.3 Å². The van der Waals surface area contributed by atoms with Crippen molar-refractivity contribution in [3.8, 4) is 0 Å². The van der Waals surface area contributed by atoms with E-state index in [-0.39, 0.29) is 5.66 Å². The molecule has 2 heterocycles. The molecule has 0 saturated carbocycles. The Labute approximate surface area is 79.8 Å². The van der Waals surface area contributed by atoms with Crippen LogP contribution in [-0.2, 0) is 0 Å². The van der Waals surface area contributed by atoms with Gasteiger partial charge in [0.15, 0.2) is 0 Å². The largest absolute Gasteiger partial charge is 0.315 e. The van der Waals surface area contributed by atoms with Crippen LogP contribution in [-0.4, -0.2) is 44.9 Å². The minimum absolute atomic E-state index is 0.201. The Kier molecular flexibility index (Phi) is 3.16.